The molecule has 3 aromatic rings. The van der Waals surface area contributed by atoms with E-state index < -0.39 is 0 Å². The molecule has 0 saturated carbocycles. The molecule has 25 heavy (non-hydrogen) atoms. The standard InChI is InChI=1S/C18H20N4O2S/c1-12(25-17-5-3-4-9-19-17)18(23)20-10-8-16-21-14-7-6-13(24-2)11-15(14)22-16/h3-7,9,11-12H,8,10H2,1-2H3,(H,20,23)(H,21,22). The molecule has 3 rings (SSSR count). The van der Waals surface area contributed by atoms with Crippen molar-refractivity contribution in [2.24, 2.45) is 0 Å². The summed E-state index contributed by atoms with van der Waals surface area (Å²) in [5, 5.41) is 3.59. The third-order valence-corrected chi connectivity index (χ3v) is 4.75. The molecule has 7 heteroatoms. The van der Waals surface area contributed by atoms with E-state index in [-0.39, 0.29) is 11.2 Å². The Morgan fingerprint density at radius 2 is 2.24 bits per heavy atom. The van der Waals surface area contributed by atoms with E-state index in [1.807, 2.05) is 43.3 Å². The monoisotopic (exact) mass is 356 g/mol. The third-order valence-electron chi connectivity index (χ3n) is 3.70. The van der Waals surface area contributed by atoms with Gasteiger partial charge in [-0.1, -0.05) is 17.8 Å². The van der Waals surface area contributed by atoms with Gasteiger partial charge in [0.25, 0.3) is 0 Å². The minimum absolute atomic E-state index is 0.00608. The number of ether oxygens (including phenoxy) is 1. The number of amides is 1. The van der Waals surface area contributed by atoms with Gasteiger partial charge in [0.05, 0.1) is 28.4 Å². The number of benzene rings is 1. The van der Waals surface area contributed by atoms with Gasteiger partial charge < -0.3 is 15.0 Å². The summed E-state index contributed by atoms with van der Waals surface area (Å²) in [4.78, 5) is 24.2. The van der Waals surface area contributed by atoms with Crippen molar-refractivity contribution in [2.75, 3.05) is 13.7 Å². The Morgan fingerprint density at radius 1 is 1.36 bits per heavy atom. The zero-order valence-corrected chi connectivity index (χ0v) is 15.0. The first-order valence-corrected chi connectivity index (χ1v) is 8.91. The van der Waals surface area contributed by atoms with Crippen molar-refractivity contribution in [2.45, 2.75) is 23.6 Å². The van der Waals surface area contributed by atoms with Crippen LogP contribution >= 0.6 is 11.8 Å². The number of carbonyl (C=O) groups excluding carboxylic acids is 1. The van der Waals surface area contributed by atoms with Gasteiger partial charge in [-0.15, -0.1) is 0 Å². The number of H-pyrrole nitrogens is 1. The van der Waals surface area contributed by atoms with Gasteiger partial charge >= 0.3 is 0 Å². The van der Waals surface area contributed by atoms with Crippen molar-refractivity contribution in [3.8, 4) is 5.75 Å². The van der Waals surface area contributed by atoms with Crippen LogP contribution in [0.4, 0.5) is 0 Å². The van der Waals surface area contributed by atoms with Crippen LogP contribution in [0.2, 0.25) is 0 Å². The Hall–Kier alpha value is -2.54. The lowest BCUT2D eigenvalue weighted by Gasteiger charge is -2.10. The first-order valence-electron chi connectivity index (χ1n) is 8.04. The van der Waals surface area contributed by atoms with Crippen LogP contribution in [0.5, 0.6) is 5.75 Å². The molecule has 0 aliphatic carbocycles. The van der Waals surface area contributed by atoms with Gasteiger partial charge in [-0.05, 0) is 31.2 Å². The largest absolute Gasteiger partial charge is 0.497 e. The lowest BCUT2D eigenvalue weighted by molar-refractivity contribution is -0.120. The fourth-order valence-electron chi connectivity index (χ4n) is 2.39. The number of aromatic amines is 1. The first-order chi connectivity index (χ1) is 12.2. The molecule has 0 radical (unpaired) electrons. The molecule has 2 N–H and O–H groups in total. The van der Waals surface area contributed by atoms with Crippen LogP contribution in [0.3, 0.4) is 0 Å². The van der Waals surface area contributed by atoms with Gasteiger partial charge in [0, 0.05) is 25.2 Å². The maximum Gasteiger partial charge on any atom is 0.233 e. The molecule has 6 nitrogen and oxygen atoms in total. The van der Waals surface area contributed by atoms with Crippen LogP contribution in [-0.2, 0) is 11.2 Å². The lowest BCUT2D eigenvalue weighted by Crippen LogP contribution is -2.32. The third kappa shape index (κ3) is 4.51. The van der Waals surface area contributed by atoms with Crippen molar-refractivity contribution in [3.05, 3.63) is 48.4 Å². The molecule has 1 unspecified atom stereocenters. The summed E-state index contributed by atoms with van der Waals surface area (Å²) in [7, 11) is 1.64. The number of methoxy groups -OCH3 is 1. The highest BCUT2D eigenvalue weighted by Crippen LogP contribution is 2.20. The van der Waals surface area contributed by atoms with E-state index in [1.54, 1.807) is 13.3 Å². The predicted octanol–water partition coefficient (Wildman–Crippen LogP) is 2.81. The zero-order chi connectivity index (χ0) is 17.6. The van der Waals surface area contributed by atoms with E-state index in [0.717, 1.165) is 27.6 Å². The zero-order valence-electron chi connectivity index (χ0n) is 14.2. The highest BCUT2D eigenvalue weighted by atomic mass is 32.2. The normalized spacial score (nSPS) is 12.1. The predicted molar refractivity (Wildman–Crippen MR) is 98.9 cm³/mol. The molecular formula is C18H20N4O2S. The van der Waals surface area contributed by atoms with Gasteiger partial charge in [0.2, 0.25) is 5.91 Å². The number of rotatable bonds is 7. The maximum absolute atomic E-state index is 12.2. The van der Waals surface area contributed by atoms with E-state index in [4.69, 9.17) is 4.74 Å². The molecule has 2 aromatic heterocycles. The minimum atomic E-state index is -0.199. The Balaban J connectivity index is 1.51. The molecular weight excluding hydrogens is 336 g/mol. The van der Waals surface area contributed by atoms with Gasteiger partial charge in [-0.2, -0.15) is 0 Å². The summed E-state index contributed by atoms with van der Waals surface area (Å²) in [6, 6.07) is 11.4. The summed E-state index contributed by atoms with van der Waals surface area (Å²) >= 11 is 1.45. The van der Waals surface area contributed by atoms with E-state index in [9.17, 15) is 4.79 Å². The van der Waals surface area contributed by atoms with Crippen LogP contribution in [-0.4, -0.2) is 39.8 Å². The van der Waals surface area contributed by atoms with Crippen molar-refractivity contribution < 1.29 is 9.53 Å². The van der Waals surface area contributed by atoms with Crippen LogP contribution in [0.15, 0.2) is 47.6 Å². The van der Waals surface area contributed by atoms with Crippen LogP contribution < -0.4 is 10.1 Å². The van der Waals surface area contributed by atoms with Crippen molar-refractivity contribution in [3.63, 3.8) is 0 Å². The summed E-state index contributed by atoms with van der Waals surface area (Å²) in [6.45, 7) is 2.41. The van der Waals surface area contributed by atoms with Gasteiger partial charge in [-0.3, -0.25) is 4.79 Å². The van der Waals surface area contributed by atoms with Gasteiger partial charge in [0.15, 0.2) is 0 Å². The number of pyridine rings is 1. The smallest absolute Gasteiger partial charge is 0.233 e. The maximum atomic E-state index is 12.2. The number of thioether (sulfide) groups is 1. The second-order valence-corrected chi connectivity index (χ2v) is 6.90. The van der Waals surface area contributed by atoms with Crippen LogP contribution in [0.1, 0.15) is 12.7 Å². The number of imidazole rings is 1. The highest BCUT2D eigenvalue weighted by molar-refractivity contribution is 8.00. The summed E-state index contributed by atoms with van der Waals surface area (Å²) in [5.74, 6) is 1.62. The van der Waals surface area contributed by atoms with E-state index in [0.29, 0.717) is 13.0 Å². The van der Waals surface area contributed by atoms with E-state index in [1.165, 1.54) is 11.8 Å². The molecule has 0 saturated heterocycles. The highest BCUT2D eigenvalue weighted by Gasteiger charge is 2.14. The first kappa shape index (κ1) is 17.3. The number of fused-ring (bicyclic) bond motifs is 1. The van der Waals surface area contributed by atoms with Gasteiger partial charge in [0.1, 0.15) is 11.6 Å². The van der Waals surface area contributed by atoms with Crippen molar-refractivity contribution in [1.82, 2.24) is 20.3 Å². The summed E-state index contributed by atoms with van der Waals surface area (Å²) in [6.07, 6.45) is 2.37. The number of hydrogen-bond donors (Lipinski definition) is 2. The lowest BCUT2D eigenvalue weighted by atomic mass is 10.3. The minimum Gasteiger partial charge on any atom is -0.497 e. The van der Waals surface area contributed by atoms with Gasteiger partial charge in [-0.25, -0.2) is 9.97 Å². The number of hydrogen-bond acceptors (Lipinski definition) is 5. The topological polar surface area (TPSA) is 79.9 Å². The number of aromatic nitrogens is 3. The fourth-order valence-corrected chi connectivity index (χ4v) is 3.22. The second-order valence-electron chi connectivity index (χ2n) is 5.54. The molecule has 2 heterocycles. The molecule has 0 fully saturated rings. The average Bonchev–Trinajstić information content (AvgIpc) is 3.04. The van der Waals surface area contributed by atoms with E-state index >= 15 is 0 Å². The van der Waals surface area contributed by atoms with Crippen LogP contribution in [0.25, 0.3) is 11.0 Å². The fraction of sp³-hybridized carbons (Fsp3) is 0.278. The number of carbonyl (C=O) groups is 1. The number of nitrogens with one attached hydrogen (secondary N) is 2. The molecule has 0 spiro atoms. The molecule has 0 aliphatic rings. The number of nitrogens with zero attached hydrogens (tertiary/aromatic N) is 2. The summed E-state index contributed by atoms with van der Waals surface area (Å²) in [5.41, 5.74) is 1.82. The SMILES string of the molecule is COc1ccc2nc(CCNC(=O)C(C)Sc3ccccn3)[nH]c2c1. The molecule has 0 bridgehead atoms. The molecule has 1 amide bonds. The molecule has 1 atom stereocenters. The second kappa shape index (κ2) is 8.02. The summed E-state index contributed by atoms with van der Waals surface area (Å²) < 4.78 is 5.21. The van der Waals surface area contributed by atoms with Crippen molar-refractivity contribution >= 4 is 28.7 Å². The molecule has 1 aromatic carbocycles. The van der Waals surface area contributed by atoms with Crippen LogP contribution in [0, 0.1) is 0 Å². The Morgan fingerprint density at radius 3 is 3.00 bits per heavy atom. The molecule has 130 valence electrons. The average molecular weight is 356 g/mol. The molecule has 0 aliphatic heterocycles. The Kier molecular flexibility index (Phi) is 5.55. The quantitative estimate of drug-likeness (QED) is 0.636. The van der Waals surface area contributed by atoms with Crippen molar-refractivity contribution in [1.29, 1.82) is 0 Å². The van der Waals surface area contributed by atoms with E-state index in [2.05, 4.69) is 20.3 Å². The Bertz CT molecular complexity index is 851. The Labute approximate surface area is 150 Å².